The van der Waals surface area contributed by atoms with Crippen LogP contribution in [0.4, 0.5) is 5.82 Å². The van der Waals surface area contributed by atoms with E-state index in [9.17, 15) is 4.79 Å². The molecule has 0 unspecified atom stereocenters. The molecule has 6 heteroatoms. The maximum absolute atomic E-state index is 12.1. The zero-order chi connectivity index (χ0) is 20.0. The summed E-state index contributed by atoms with van der Waals surface area (Å²) in [5, 5.41) is 3.93. The predicted octanol–water partition coefficient (Wildman–Crippen LogP) is 4.55. The van der Waals surface area contributed by atoms with Gasteiger partial charge in [0.2, 0.25) is 5.91 Å². The molecule has 0 aliphatic heterocycles. The van der Waals surface area contributed by atoms with Crippen LogP contribution < -0.4 is 5.32 Å². The maximum Gasteiger partial charge on any atom is 0.228 e. The predicted molar refractivity (Wildman–Crippen MR) is 114 cm³/mol. The number of aromatic nitrogens is 4. The first-order valence-electron chi connectivity index (χ1n) is 10.2. The Bertz CT molecular complexity index is 1240. The fourth-order valence-corrected chi connectivity index (χ4v) is 3.82. The third-order valence-corrected chi connectivity index (χ3v) is 5.52. The standard InChI is InChI=1S/C23H23N5O/c1-3-4-17-9-14(2)19(13-25-17)18-10-16-12-26-21(27-23(29)15-5-6-15)11-20(16)28-8-7-24-22(18)28/h7-13,15H,3-6H2,1-2H3,(H,26,27,29). The molecule has 0 aromatic carbocycles. The highest BCUT2D eigenvalue weighted by Crippen LogP contribution is 2.32. The molecule has 0 saturated heterocycles. The molecule has 4 aromatic heterocycles. The number of aryl methyl sites for hydroxylation is 2. The number of nitrogens with zero attached hydrogens (tertiary/aromatic N) is 4. The lowest BCUT2D eigenvalue weighted by atomic mass is 10.0. The molecule has 5 rings (SSSR count). The van der Waals surface area contributed by atoms with E-state index in [2.05, 4.69) is 50.6 Å². The summed E-state index contributed by atoms with van der Waals surface area (Å²) in [4.78, 5) is 25.8. The van der Waals surface area contributed by atoms with Crippen molar-refractivity contribution in [2.24, 2.45) is 5.92 Å². The second-order valence-electron chi connectivity index (χ2n) is 7.81. The van der Waals surface area contributed by atoms with E-state index < -0.39 is 0 Å². The van der Waals surface area contributed by atoms with Gasteiger partial charge in [0.05, 0.1) is 5.52 Å². The van der Waals surface area contributed by atoms with E-state index in [1.165, 1.54) is 5.56 Å². The van der Waals surface area contributed by atoms with Crippen LogP contribution in [-0.4, -0.2) is 25.3 Å². The zero-order valence-corrected chi connectivity index (χ0v) is 16.6. The molecule has 1 aliphatic rings. The van der Waals surface area contributed by atoms with Gasteiger partial charge in [0.15, 0.2) is 0 Å². The molecule has 6 nitrogen and oxygen atoms in total. The minimum Gasteiger partial charge on any atom is -0.310 e. The van der Waals surface area contributed by atoms with E-state index in [1.54, 1.807) is 6.20 Å². The summed E-state index contributed by atoms with van der Waals surface area (Å²) in [5.41, 5.74) is 6.26. The molecule has 0 radical (unpaired) electrons. The molecule has 1 saturated carbocycles. The number of carbonyl (C=O) groups excluding carboxylic acids is 1. The van der Waals surface area contributed by atoms with E-state index in [0.29, 0.717) is 5.82 Å². The van der Waals surface area contributed by atoms with Crippen LogP contribution in [0.2, 0.25) is 0 Å². The summed E-state index contributed by atoms with van der Waals surface area (Å²) in [6.07, 6.45) is 11.5. The van der Waals surface area contributed by atoms with Crippen molar-refractivity contribution < 1.29 is 4.79 Å². The fraction of sp³-hybridized carbons (Fsp3) is 0.304. The highest BCUT2D eigenvalue weighted by molar-refractivity contribution is 5.96. The van der Waals surface area contributed by atoms with E-state index >= 15 is 0 Å². The molecule has 1 amide bonds. The number of amides is 1. The Kier molecular flexibility index (Phi) is 4.27. The first-order chi connectivity index (χ1) is 14.1. The first-order valence-corrected chi connectivity index (χ1v) is 10.2. The largest absolute Gasteiger partial charge is 0.310 e. The molecule has 1 N–H and O–H groups in total. The number of imidazole rings is 1. The average molecular weight is 385 g/mol. The van der Waals surface area contributed by atoms with Crippen LogP contribution in [0.25, 0.3) is 27.7 Å². The fourth-order valence-electron chi connectivity index (χ4n) is 3.82. The lowest BCUT2D eigenvalue weighted by Gasteiger charge is -2.12. The normalized spacial score (nSPS) is 13.9. The van der Waals surface area contributed by atoms with Crippen LogP contribution in [0.3, 0.4) is 0 Å². The van der Waals surface area contributed by atoms with Gasteiger partial charge in [-0.2, -0.15) is 0 Å². The summed E-state index contributed by atoms with van der Waals surface area (Å²) in [6.45, 7) is 4.28. The molecule has 146 valence electrons. The molecule has 29 heavy (non-hydrogen) atoms. The van der Waals surface area contributed by atoms with Crippen LogP contribution in [0.15, 0.2) is 43.0 Å². The summed E-state index contributed by atoms with van der Waals surface area (Å²) in [5.74, 6) is 0.789. The molecule has 0 bridgehead atoms. The number of hydrogen-bond donors (Lipinski definition) is 1. The van der Waals surface area contributed by atoms with E-state index in [1.807, 2.05) is 24.7 Å². The first kappa shape index (κ1) is 17.8. The third kappa shape index (κ3) is 3.24. The number of anilines is 1. The molecule has 1 aliphatic carbocycles. The van der Waals surface area contributed by atoms with Crippen molar-refractivity contribution in [2.75, 3.05) is 5.32 Å². The lowest BCUT2D eigenvalue weighted by Crippen LogP contribution is -2.14. The van der Waals surface area contributed by atoms with Crippen molar-refractivity contribution in [3.63, 3.8) is 0 Å². The zero-order valence-electron chi connectivity index (χ0n) is 16.6. The van der Waals surface area contributed by atoms with Crippen LogP contribution >= 0.6 is 0 Å². The SMILES string of the molecule is CCCc1cc(C)c(-c2cc3cnc(NC(=O)C4CC4)cc3n3ccnc23)cn1. The van der Waals surface area contributed by atoms with Crippen molar-refractivity contribution in [3.05, 3.63) is 54.2 Å². The number of hydrogen-bond acceptors (Lipinski definition) is 4. The van der Waals surface area contributed by atoms with Crippen LogP contribution in [-0.2, 0) is 11.2 Å². The number of carbonyl (C=O) groups is 1. The van der Waals surface area contributed by atoms with Gasteiger partial charge in [-0.1, -0.05) is 13.3 Å². The van der Waals surface area contributed by atoms with Gasteiger partial charge in [-0.05, 0) is 43.9 Å². The van der Waals surface area contributed by atoms with Gasteiger partial charge in [0.1, 0.15) is 11.5 Å². The number of rotatable bonds is 5. The minimum absolute atomic E-state index is 0.0595. The Morgan fingerprint density at radius 1 is 1.14 bits per heavy atom. The topological polar surface area (TPSA) is 72.2 Å². The summed E-state index contributed by atoms with van der Waals surface area (Å²) in [6, 6.07) is 6.20. The second-order valence-corrected chi connectivity index (χ2v) is 7.81. The van der Waals surface area contributed by atoms with Crippen LogP contribution in [0, 0.1) is 12.8 Å². The van der Waals surface area contributed by atoms with Crippen molar-refractivity contribution >= 4 is 28.3 Å². The molecule has 0 spiro atoms. The monoisotopic (exact) mass is 385 g/mol. The Morgan fingerprint density at radius 2 is 2.00 bits per heavy atom. The molecule has 4 aromatic rings. The Balaban J connectivity index is 1.62. The van der Waals surface area contributed by atoms with Gasteiger partial charge in [-0.25, -0.2) is 9.97 Å². The molecule has 1 fully saturated rings. The van der Waals surface area contributed by atoms with Gasteiger partial charge in [0, 0.05) is 59.0 Å². The molecular formula is C23H23N5O. The molecular weight excluding hydrogens is 362 g/mol. The number of fused-ring (bicyclic) bond motifs is 3. The van der Waals surface area contributed by atoms with Crippen molar-refractivity contribution in [3.8, 4) is 11.1 Å². The van der Waals surface area contributed by atoms with E-state index in [4.69, 9.17) is 0 Å². The van der Waals surface area contributed by atoms with Crippen molar-refractivity contribution in [2.45, 2.75) is 39.5 Å². The molecule has 4 heterocycles. The third-order valence-electron chi connectivity index (χ3n) is 5.52. The number of pyridine rings is 3. The van der Waals surface area contributed by atoms with Crippen molar-refractivity contribution in [1.82, 2.24) is 19.4 Å². The summed E-state index contributed by atoms with van der Waals surface area (Å²) >= 11 is 0. The Morgan fingerprint density at radius 3 is 2.76 bits per heavy atom. The maximum atomic E-state index is 12.1. The van der Waals surface area contributed by atoms with E-state index in [0.717, 1.165) is 59.1 Å². The second kappa shape index (κ2) is 6.95. The van der Waals surface area contributed by atoms with Crippen molar-refractivity contribution in [1.29, 1.82) is 0 Å². The van der Waals surface area contributed by atoms with Gasteiger partial charge >= 0.3 is 0 Å². The summed E-state index contributed by atoms with van der Waals surface area (Å²) < 4.78 is 2.05. The smallest absolute Gasteiger partial charge is 0.228 e. The van der Waals surface area contributed by atoms with Crippen LogP contribution in [0.5, 0.6) is 0 Å². The van der Waals surface area contributed by atoms with E-state index in [-0.39, 0.29) is 11.8 Å². The highest BCUT2D eigenvalue weighted by Gasteiger charge is 2.29. The summed E-state index contributed by atoms with van der Waals surface area (Å²) in [7, 11) is 0. The average Bonchev–Trinajstić information content (AvgIpc) is 3.45. The van der Waals surface area contributed by atoms with Crippen LogP contribution in [0.1, 0.15) is 37.4 Å². The Hall–Kier alpha value is -3.28. The van der Waals surface area contributed by atoms with Gasteiger partial charge < -0.3 is 5.32 Å². The number of nitrogens with one attached hydrogen (secondary N) is 1. The molecule has 0 atom stereocenters. The minimum atomic E-state index is 0.0595. The highest BCUT2D eigenvalue weighted by atomic mass is 16.2. The van der Waals surface area contributed by atoms with Gasteiger partial charge in [0.25, 0.3) is 0 Å². The lowest BCUT2D eigenvalue weighted by molar-refractivity contribution is -0.117. The van der Waals surface area contributed by atoms with Gasteiger partial charge in [-0.3, -0.25) is 14.2 Å². The van der Waals surface area contributed by atoms with Gasteiger partial charge in [-0.15, -0.1) is 0 Å². The quantitative estimate of drug-likeness (QED) is 0.547. The Labute approximate surface area is 169 Å².